The van der Waals surface area contributed by atoms with Gasteiger partial charge in [-0.3, -0.25) is 0 Å². The molecule has 0 bridgehead atoms. The zero-order valence-electron chi connectivity index (χ0n) is 6.19. The first-order valence-electron chi connectivity index (χ1n) is 3.34. The molecule has 58 valence electrons. The van der Waals surface area contributed by atoms with Crippen LogP contribution in [0.25, 0.3) is 0 Å². The van der Waals surface area contributed by atoms with E-state index >= 15 is 0 Å². The molecule has 0 amide bonds. The van der Waals surface area contributed by atoms with E-state index < -0.39 is 12.0 Å². The number of rotatable bonds is 1. The van der Waals surface area contributed by atoms with Crippen molar-refractivity contribution in [1.29, 1.82) is 15.8 Å². The van der Waals surface area contributed by atoms with Crippen molar-refractivity contribution >= 4 is 0 Å². The topological polar surface area (TPSA) is 80.6 Å². The Morgan fingerprint density at radius 3 is 2.58 bits per heavy atom. The van der Waals surface area contributed by atoms with Crippen molar-refractivity contribution in [3.8, 4) is 18.2 Å². The Balaban J connectivity index is 2.81. The Kier molecular flexibility index (Phi) is 2.43. The first kappa shape index (κ1) is 8.27. The molecule has 4 nitrogen and oxygen atoms in total. The number of nitrogens with zero attached hydrogens (tertiary/aromatic N) is 3. The number of hydrogen-bond donors (Lipinski definition) is 0. The van der Waals surface area contributed by atoms with Gasteiger partial charge in [0.1, 0.15) is 6.10 Å². The summed E-state index contributed by atoms with van der Waals surface area (Å²) in [7, 11) is 0. The third-order valence-electron chi connectivity index (χ3n) is 1.60. The van der Waals surface area contributed by atoms with Gasteiger partial charge < -0.3 is 4.74 Å². The molecule has 1 aliphatic rings. The van der Waals surface area contributed by atoms with E-state index in [1.54, 1.807) is 18.2 Å². The Labute approximate surface area is 69.9 Å². The van der Waals surface area contributed by atoms with Gasteiger partial charge in [-0.15, -0.1) is 0 Å². The van der Waals surface area contributed by atoms with Crippen LogP contribution in [0, 0.1) is 39.9 Å². The molecule has 0 aromatic heterocycles. The quantitative estimate of drug-likeness (QED) is 0.557. The average Bonchev–Trinajstić information content (AvgIpc) is 2.55. The normalized spacial score (nSPS) is 20.8. The van der Waals surface area contributed by atoms with Gasteiger partial charge in [0.25, 0.3) is 0 Å². The van der Waals surface area contributed by atoms with E-state index in [4.69, 9.17) is 20.5 Å². The van der Waals surface area contributed by atoms with Crippen LogP contribution in [0.2, 0.25) is 0 Å². The summed E-state index contributed by atoms with van der Waals surface area (Å²) in [5.41, 5.74) is 0.378. The lowest BCUT2D eigenvalue weighted by atomic mass is 10.0. The summed E-state index contributed by atoms with van der Waals surface area (Å²) in [6, 6.07) is 5.46. The highest BCUT2D eigenvalue weighted by molar-refractivity contribution is 5.32. The molecule has 0 aromatic carbocycles. The molecule has 0 fully saturated rings. The van der Waals surface area contributed by atoms with Crippen molar-refractivity contribution < 1.29 is 4.74 Å². The van der Waals surface area contributed by atoms with Crippen LogP contribution in [0.15, 0.2) is 11.6 Å². The molecule has 12 heavy (non-hydrogen) atoms. The zero-order chi connectivity index (χ0) is 8.97. The first-order valence-corrected chi connectivity index (χ1v) is 3.34. The predicted molar refractivity (Wildman–Crippen MR) is 38.2 cm³/mol. The molecule has 0 saturated heterocycles. The maximum Gasteiger partial charge on any atom is 0.164 e. The van der Waals surface area contributed by atoms with Gasteiger partial charge in [-0.05, 0) is 6.08 Å². The Bertz CT molecular complexity index is 312. The standard InChI is InChI=1S/C8H5N3O/c9-3-6-1-2-12-8(6)7(4-10)5-11/h1,7-8H,2H2. The van der Waals surface area contributed by atoms with Gasteiger partial charge in [-0.2, -0.15) is 15.8 Å². The van der Waals surface area contributed by atoms with E-state index in [-0.39, 0.29) is 0 Å². The third-order valence-corrected chi connectivity index (χ3v) is 1.60. The monoisotopic (exact) mass is 159 g/mol. The second kappa shape index (κ2) is 3.53. The fourth-order valence-corrected chi connectivity index (χ4v) is 0.997. The van der Waals surface area contributed by atoms with Crippen molar-refractivity contribution in [2.45, 2.75) is 6.10 Å². The Morgan fingerprint density at radius 1 is 1.42 bits per heavy atom. The molecule has 4 heteroatoms. The van der Waals surface area contributed by atoms with Gasteiger partial charge in [-0.25, -0.2) is 0 Å². The van der Waals surface area contributed by atoms with Gasteiger partial charge in [0, 0.05) is 0 Å². The lowest BCUT2D eigenvalue weighted by Gasteiger charge is -2.09. The highest BCUT2D eigenvalue weighted by Crippen LogP contribution is 2.20. The van der Waals surface area contributed by atoms with Gasteiger partial charge in [0.05, 0.1) is 30.4 Å². The van der Waals surface area contributed by atoms with E-state index in [1.807, 2.05) is 6.07 Å². The number of nitriles is 3. The van der Waals surface area contributed by atoms with Crippen molar-refractivity contribution in [2.24, 2.45) is 5.92 Å². The predicted octanol–water partition coefficient (Wildman–Crippen LogP) is 0.499. The molecular weight excluding hydrogens is 154 g/mol. The van der Waals surface area contributed by atoms with Crippen LogP contribution < -0.4 is 0 Å². The van der Waals surface area contributed by atoms with Gasteiger partial charge >= 0.3 is 0 Å². The van der Waals surface area contributed by atoms with Crippen LogP contribution in [-0.4, -0.2) is 12.7 Å². The molecule has 0 aliphatic carbocycles. The molecule has 0 N–H and O–H groups in total. The molecule has 1 aliphatic heterocycles. The van der Waals surface area contributed by atoms with E-state index in [2.05, 4.69) is 0 Å². The van der Waals surface area contributed by atoms with Gasteiger partial charge in [-0.1, -0.05) is 0 Å². The minimum Gasteiger partial charge on any atom is -0.366 e. The molecule has 1 unspecified atom stereocenters. The lowest BCUT2D eigenvalue weighted by Crippen LogP contribution is -2.19. The van der Waals surface area contributed by atoms with Crippen LogP contribution in [0.4, 0.5) is 0 Å². The second-order valence-electron chi connectivity index (χ2n) is 2.26. The van der Waals surface area contributed by atoms with Crippen LogP contribution in [-0.2, 0) is 4.74 Å². The van der Waals surface area contributed by atoms with Crippen LogP contribution in [0.5, 0.6) is 0 Å². The summed E-state index contributed by atoms with van der Waals surface area (Å²) in [6.07, 6.45) is 0.941. The average molecular weight is 159 g/mol. The van der Waals surface area contributed by atoms with Gasteiger partial charge in [0.2, 0.25) is 0 Å². The summed E-state index contributed by atoms with van der Waals surface area (Å²) in [4.78, 5) is 0. The summed E-state index contributed by atoms with van der Waals surface area (Å²) < 4.78 is 5.04. The lowest BCUT2D eigenvalue weighted by molar-refractivity contribution is 0.110. The molecule has 1 heterocycles. The van der Waals surface area contributed by atoms with Gasteiger partial charge in [0.15, 0.2) is 5.92 Å². The van der Waals surface area contributed by atoms with E-state index in [1.165, 1.54) is 0 Å². The minimum absolute atomic E-state index is 0.313. The first-order chi connectivity index (χ1) is 5.83. The van der Waals surface area contributed by atoms with Crippen molar-refractivity contribution in [3.63, 3.8) is 0 Å². The summed E-state index contributed by atoms with van der Waals surface area (Å²) >= 11 is 0. The number of hydrogen-bond acceptors (Lipinski definition) is 4. The largest absolute Gasteiger partial charge is 0.366 e. The Hall–Kier alpha value is -1.83. The van der Waals surface area contributed by atoms with E-state index in [0.717, 1.165) is 0 Å². The molecule has 0 saturated carbocycles. The summed E-state index contributed by atoms with van der Waals surface area (Å²) in [6.45, 7) is 0.313. The fourth-order valence-electron chi connectivity index (χ4n) is 0.997. The second-order valence-corrected chi connectivity index (χ2v) is 2.26. The highest BCUT2D eigenvalue weighted by Gasteiger charge is 2.29. The molecular formula is C8H5N3O. The van der Waals surface area contributed by atoms with Crippen LogP contribution >= 0.6 is 0 Å². The number of ether oxygens (including phenoxy) is 1. The van der Waals surface area contributed by atoms with E-state index in [9.17, 15) is 0 Å². The SMILES string of the molecule is N#CC1=CCOC1C(C#N)C#N. The van der Waals surface area contributed by atoms with Crippen LogP contribution in [0.3, 0.4) is 0 Å². The van der Waals surface area contributed by atoms with Crippen LogP contribution in [0.1, 0.15) is 0 Å². The maximum atomic E-state index is 8.56. The highest BCUT2D eigenvalue weighted by atomic mass is 16.5. The van der Waals surface area contributed by atoms with Crippen molar-refractivity contribution in [1.82, 2.24) is 0 Å². The van der Waals surface area contributed by atoms with Crippen molar-refractivity contribution in [3.05, 3.63) is 11.6 Å². The van der Waals surface area contributed by atoms with Crippen molar-refractivity contribution in [2.75, 3.05) is 6.61 Å². The molecule has 0 radical (unpaired) electrons. The summed E-state index contributed by atoms with van der Waals surface area (Å²) in [5, 5.41) is 25.6. The smallest absolute Gasteiger partial charge is 0.164 e. The molecule has 1 atom stereocenters. The zero-order valence-corrected chi connectivity index (χ0v) is 6.19. The molecule has 1 rings (SSSR count). The minimum atomic E-state index is -0.876. The maximum absolute atomic E-state index is 8.56. The Morgan fingerprint density at radius 2 is 2.08 bits per heavy atom. The fraction of sp³-hybridized carbons (Fsp3) is 0.375. The molecule has 0 spiro atoms. The third kappa shape index (κ3) is 1.27. The summed E-state index contributed by atoms with van der Waals surface area (Å²) in [5.74, 6) is -0.876. The van der Waals surface area contributed by atoms with E-state index in [0.29, 0.717) is 12.2 Å². The molecule has 0 aromatic rings.